The molecule has 12 nitrogen and oxygen atoms in total. The number of rotatable bonds is 7. The maximum atomic E-state index is 12.9. The topological polar surface area (TPSA) is 165 Å². The zero-order valence-corrected chi connectivity index (χ0v) is 19.3. The summed E-state index contributed by atoms with van der Waals surface area (Å²) in [5, 5.41) is 5.94. The summed E-state index contributed by atoms with van der Waals surface area (Å²) in [7, 11) is -7.09. The van der Waals surface area contributed by atoms with Crippen LogP contribution in [0.15, 0.2) is 33.7 Å². The average Bonchev–Trinajstić information content (AvgIpc) is 3.16. The van der Waals surface area contributed by atoms with Gasteiger partial charge < -0.3 is 14.6 Å². The summed E-state index contributed by atoms with van der Waals surface area (Å²) >= 11 is 0. The van der Waals surface area contributed by atoms with Crippen LogP contribution in [0.1, 0.15) is 19.6 Å². The summed E-state index contributed by atoms with van der Waals surface area (Å²) in [6.45, 7) is 3.96. The molecule has 1 aliphatic heterocycles. The van der Waals surface area contributed by atoms with Crippen molar-refractivity contribution in [3.8, 4) is 5.75 Å². The first-order chi connectivity index (χ1) is 14.8. The molecule has 1 aromatic heterocycles. The standard InChI is InChI=1S/C18H22N4O8S2/c1-11-7-15(21-30-11)20-16(23)9-19-32(27,28)14-8-12(5-6-13(14)29-4)22-17(24)18(2,3)10-31(22,25)26/h5-8,19H,9-10H2,1-4H3,(H,20,21,23). The second-order valence-corrected chi connectivity index (χ2v) is 11.3. The minimum atomic E-state index is -4.33. The number of nitrogens with one attached hydrogen (secondary N) is 2. The molecule has 2 N–H and O–H groups in total. The van der Waals surface area contributed by atoms with Gasteiger partial charge in [-0.05, 0) is 39.0 Å². The molecule has 32 heavy (non-hydrogen) atoms. The lowest BCUT2D eigenvalue weighted by atomic mass is 9.95. The fourth-order valence-electron chi connectivity index (χ4n) is 3.11. The van der Waals surface area contributed by atoms with Crippen LogP contribution in [0.3, 0.4) is 0 Å². The molecule has 1 aliphatic rings. The Morgan fingerprint density at radius 3 is 2.53 bits per heavy atom. The Morgan fingerprint density at radius 1 is 1.31 bits per heavy atom. The van der Waals surface area contributed by atoms with E-state index in [4.69, 9.17) is 9.26 Å². The number of amides is 2. The first-order valence-corrected chi connectivity index (χ1v) is 12.3. The fraction of sp³-hybridized carbons (Fsp3) is 0.389. The molecular formula is C18H22N4O8S2. The molecular weight excluding hydrogens is 464 g/mol. The molecule has 0 spiro atoms. The Bertz CT molecular complexity index is 1280. The van der Waals surface area contributed by atoms with E-state index in [-0.39, 0.29) is 17.3 Å². The predicted molar refractivity (Wildman–Crippen MR) is 113 cm³/mol. The number of nitrogens with zero attached hydrogens (tertiary/aromatic N) is 2. The van der Waals surface area contributed by atoms with Gasteiger partial charge in [-0.2, -0.15) is 0 Å². The van der Waals surface area contributed by atoms with Gasteiger partial charge in [0.2, 0.25) is 31.9 Å². The van der Waals surface area contributed by atoms with E-state index >= 15 is 0 Å². The van der Waals surface area contributed by atoms with Crippen molar-refractivity contribution < 1.29 is 35.7 Å². The Labute approximate surface area is 185 Å². The third-order valence-corrected chi connectivity index (χ3v) is 8.02. The average molecular weight is 487 g/mol. The number of methoxy groups -OCH3 is 1. The molecule has 1 aromatic carbocycles. The van der Waals surface area contributed by atoms with Gasteiger partial charge in [-0.25, -0.2) is 25.9 Å². The number of carbonyl (C=O) groups excluding carboxylic acids is 2. The van der Waals surface area contributed by atoms with E-state index in [1.54, 1.807) is 6.92 Å². The van der Waals surface area contributed by atoms with E-state index < -0.39 is 54.5 Å². The Kier molecular flexibility index (Phi) is 6.06. The van der Waals surface area contributed by atoms with Crippen LogP contribution in [0.4, 0.5) is 11.5 Å². The van der Waals surface area contributed by atoms with E-state index in [9.17, 15) is 26.4 Å². The van der Waals surface area contributed by atoms with E-state index in [1.807, 2.05) is 0 Å². The van der Waals surface area contributed by atoms with Crippen LogP contribution in [0.25, 0.3) is 0 Å². The minimum Gasteiger partial charge on any atom is -0.495 e. The summed E-state index contributed by atoms with van der Waals surface area (Å²) in [6.07, 6.45) is 0. The van der Waals surface area contributed by atoms with Gasteiger partial charge in [-0.15, -0.1) is 0 Å². The number of hydrogen-bond donors (Lipinski definition) is 2. The number of ether oxygens (including phenoxy) is 1. The van der Waals surface area contributed by atoms with E-state index in [1.165, 1.54) is 39.2 Å². The highest BCUT2D eigenvalue weighted by atomic mass is 32.2. The second kappa shape index (κ2) is 8.18. The molecule has 0 atom stereocenters. The highest BCUT2D eigenvalue weighted by Crippen LogP contribution is 2.38. The van der Waals surface area contributed by atoms with Crippen molar-refractivity contribution in [1.82, 2.24) is 9.88 Å². The van der Waals surface area contributed by atoms with Gasteiger partial charge >= 0.3 is 0 Å². The largest absolute Gasteiger partial charge is 0.495 e. The number of hydrogen-bond acceptors (Lipinski definition) is 9. The van der Waals surface area contributed by atoms with Crippen LogP contribution in [0.5, 0.6) is 5.75 Å². The Balaban J connectivity index is 1.87. The number of sulfonamides is 2. The van der Waals surface area contributed by atoms with Gasteiger partial charge in [-0.1, -0.05) is 5.16 Å². The Hall–Kier alpha value is -2.97. The van der Waals surface area contributed by atoms with Crippen LogP contribution < -0.4 is 19.1 Å². The number of anilines is 2. The first kappa shape index (κ1) is 23.7. The lowest BCUT2D eigenvalue weighted by molar-refractivity contribution is -0.123. The molecule has 1 fully saturated rings. The third kappa shape index (κ3) is 4.61. The summed E-state index contributed by atoms with van der Waals surface area (Å²) in [6, 6.07) is 4.97. The van der Waals surface area contributed by atoms with Gasteiger partial charge in [0.15, 0.2) is 5.82 Å². The van der Waals surface area contributed by atoms with Crippen LogP contribution in [0.2, 0.25) is 0 Å². The third-order valence-electron chi connectivity index (χ3n) is 4.57. The van der Waals surface area contributed by atoms with Gasteiger partial charge in [-0.3, -0.25) is 9.59 Å². The summed E-state index contributed by atoms with van der Waals surface area (Å²) in [5.41, 5.74) is -1.31. The zero-order valence-electron chi connectivity index (χ0n) is 17.7. The van der Waals surface area contributed by atoms with Crippen molar-refractivity contribution >= 4 is 43.4 Å². The number of aryl methyl sites for hydroxylation is 1. The van der Waals surface area contributed by atoms with Crippen LogP contribution in [-0.2, 0) is 29.6 Å². The molecule has 0 aliphatic carbocycles. The molecule has 2 heterocycles. The summed E-state index contributed by atoms with van der Waals surface area (Å²) in [5.74, 6) is -1.33. The maximum Gasteiger partial charge on any atom is 0.247 e. The monoisotopic (exact) mass is 486 g/mol. The quantitative estimate of drug-likeness (QED) is 0.570. The van der Waals surface area contributed by atoms with E-state index in [2.05, 4.69) is 15.2 Å². The highest BCUT2D eigenvalue weighted by Gasteiger charge is 2.50. The number of benzene rings is 1. The van der Waals surface area contributed by atoms with E-state index in [0.717, 1.165) is 6.07 Å². The highest BCUT2D eigenvalue weighted by molar-refractivity contribution is 7.94. The molecule has 14 heteroatoms. The fourth-order valence-corrected chi connectivity index (χ4v) is 6.38. The molecule has 3 rings (SSSR count). The molecule has 0 saturated carbocycles. The van der Waals surface area contributed by atoms with Crippen molar-refractivity contribution in [2.75, 3.05) is 29.0 Å². The van der Waals surface area contributed by atoms with Gasteiger partial charge in [0, 0.05) is 6.07 Å². The van der Waals surface area contributed by atoms with Crippen molar-refractivity contribution in [2.24, 2.45) is 5.41 Å². The van der Waals surface area contributed by atoms with Crippen LogP contribution >= 0.6 is 0 Å². The SMILES string of the molecule is COc1ccc(N2C(=O)C(C)(C)CS2(=O)=O)cc1S(=O)(=O)NCC(=O)Nc1cc(C)on1. The lowest BCUT2D eigenvalue weighted by Crippen LogP contribution is -2.34. The molecule has 0 radical (unpaired) electrons. The smallest absolute Gasteiger partial charge is 0.247 e. The molecule has 0 bridgehead atoms. The maximum absolute atomic E-state index is 12.9. The molecule has 1 saturated heterocycles. The molecule has 174 valence electrons. The molecule has 2 aromatic rings. The van der Waals surface area contributed by atoms with Gasteiger partial charge in [0.1, 0.15) is 16.4 Å². The van der Waals surface area contributed by atoms with E-state index in [0.29, 0.717) is 10.1 Å². The zero-order chi connectivity index (χ0) is 23.9. The normalized spacial score (nSPS) is 17.4. The molecule has 0 unspecified atom stereocenters. The number of aromatic nitrogens is 1. The minimum absolute atomic E-state index is 0.0999. The van der Waals surface area contributed by atoms with Crippen LogP contribution in [-0.4, -0.2) is 53.2 Å². The second-order valence-electron chi connectivity index (χ2n) is 7.74. The van der Waals surface area contributed by atoms with Gasteiger partial charge in [0.05, 0.1) is 30.5 Å². The van der Waals surface area contributed by atoms with Crippen molar-refractivity contribution in [1.29, 1.82) is 0 Å². The predicted octanol–water partition coefficient (Wildman–Crippen LogP) is 0.611. The number of carbonyl (C=O) groups is 2. The lowest BCUT2D eigenvalue weighted by Gasteiger charge is -2.19. The van der Waals surface area contributed by atoms with Crippen molar-refractivity contribution in [3.05, 3.63) is 30.0 Å². The molecule has 2 amide bonds. The van der Waals surface area contributed by atoms with Crippen molar-refractivity contribution in [3.63, 3.8) is 0 Å². The first-order valence-electron chi connectivity index (χ1n) is 9.25. The van der Waals surface area contributed by atoms with Crippen molar-refractivity contribution in [2.45, 2.75) is 25.7 Å². The summed E-state index contributed by atoms with van der Waals surface area (Å²) in [4.78, 5) is 24.2. The van der Waals surface area contributed by atoms with Crippen LogP contribution in [0, 0.1) is 12.3 Å². The Morgan fingerprint density at radius 2 is 2.00 bits per heavy atom. The van der Waals surface area contributed by atoms with Gasteiger partial charge in [0.25, 0.3) is 0 Å². The summed E-state index contributed by atoms with van der Waals surface area (Å²) < 4.78 is 63.4.